The predicted molar refractivity (Wildman–Crippen MR) is 56.5 cm³/mol. The molecule has 0 saturated heterocycles. The van der Waals surface area contributed by atoms with Crippen LogP contribution in [-0.4, -0.2) is 6.21 Å². The number of allylic oxidation sites excluding steroid dienone is 4. The highest BCUT2D eigenvalue weighted by Crippen LogP contribution is 2.14. The van der Waals surface area contributed by atoms with Crippen LogP contribution in [-0.2, 0) is 0 Å². The van der Waals surface area contributed by atoms with Gasteiger partial charge in [0.25, 0.3) is 0 Å². The minimum Gasteiger partial charge on any atom is -0.261 e. The van der Waals surface area contributed by atoms with Crippen LogP contribution < -0.4 is 0 Å². The summed E-state index contributed by atoms with van der Waals surface area (Å²) < 4.78 is 0. The first-order chi connectivity index (χ1) is 5.63. The maximum absolute atomic E-state index is 4.24. The van der Waals surface area contributed by atoms with Crippen molar-refractivity contribution in [2.45, 2.75) is 27.7 Å². The molecule has 0 fully saturated rings. The second kappa shape index (κ2) is 5.53. The summed E-state index contributed by atoms with van der Waals surface area (Å²) >= 11 is 0. The lowest BCUT2D eigenvalue weighted by molar-refractivity contribution is 1.25. The molecule has 1 nitrogen and oxygen atoms in total. The first-order valence-corrected chi connectivity index (χ1v) is 4.11. The van der Waals surface area contributed by atoms with E-state index < -0.39 is 0 Å². The van der Waals surface area contributed by atoms with Crippen molar-refractivity contribution in [1.29, 1.82) is 0 Å². The van der Waals surface area contributed by atoms with E-state index in [2.05, 4.69) is 11.6 Å². The zero-order chi connectivity index (χ0) is 9.56. The predicted octanol–water partition coefficient (Wildman–Crippen LogP) is 3.50. The lowest BCUT2D eigenvalue weighted by Gasteiger charge is -2.02. The number of hydrogen-bond acceptors (Lipinski definition) is 1. The fraction of sp³-hybridized carbons (Fsp3) is 0.364. The van der Waals surface area contributed by atoms with Crippen molar-refractivity contribution in [1.82, 2.24) is 0 Å². The van der Waals surface area contributed by atoms with E-state index in [0.717, 1.165) is 16.8 Å². The van der Waals surface area contributed by atoms with Gasteiger partial charge in [0.2, 0.25) is 0 Å². The Bertz CT molecular complexity index is 228. The third-order valence-electron chi connectivity index (χ3n) is 1.62. The Labute approximate surface area is 75.2 Å². The molecular weight excluding hydrogens is 146 g/mol. The van der Waals surface area contributed by atoms with Crippen molar-refractivity contribution in [3.8, 4) is 0 Å². The Morgan fingerprint density at radius 1 is 1.25 bits per heavy atom. The van der Waals surface area contributed by atoms with Gasteiger partial charge in [0, 0.05) is 6.21 Å². The average molecular weight is 163 g/mol. The van der Waals surface area contributed by atoms with Crippen LogP contribution in [0, 0.1) is 0 Å². The van der Waals surface area contributed by atoms with E-state index in [1.807, 2.05) is 39.8 Å². The smallest absolute Gasteiger partial charge is 0.0653 e. The van der Waals surface area contributed by atoms with E-state index in [4.69, 9.17) is 0 Å². The van der Waals surface area contributed by atoms with Crippen molar-refractivity contribution in [3.05, 3.63) is 35.6 Å². The molecule has 0 aliphatic heterocycles. The second-order valence-electron chi connectivity index (χ2n) is 2.68. The lowest BCUT2D eigenvalue weighted by atomic mass is 10.1. The molecule has 0 atom stereocenters. The SMILES string of the molecule is C=C(C)/C(C)=C(/C=C\C)N=CC. The van der Waals surface area contributed by atoms with Gasteiger partial charge in [-0.2, -0.15) is 0 Å². The highest BCUT2D eigenvalue weighted by molar-refractivity contribution is 5.57. The van der Waals surface area contributed by atoms with Gasteiger partial charge in [-0.25, -0.2) is 0 Å². The van der Waals surface area contributed by atoms with Crippen LogP contribution in [0.3, 0.4) is 0 Å². The highest BCUT2D eigenvalue weighted by atomic mass is 14.7. The molecule has 0 amide bonds. The van der Waals surface area contributed by atoms with Crippen molar-refractivity contribution >= 4 is 6.21 Å². The van der Waals surface area contributed by atoms with Gasteiger partial charge in [0.15, 0.2) is 0 Å². The van der Waals surface area contributed by atoms with Gasteiger partial charge < -0.3 is 0 Å². The van der Waals surface area contributed by atoms with Crippen LogP contribution in [0.2, 0.25) is 0 Å². The van der Waals surface area contributed by atoms with Crippen LogP contribution in [0.15, 0.2) is 40.6 Å². The summed E-state index contributed by atoms with van der Waals surface area (Å²) in [7, 11) is 0. The Kier molecular flexibility index (Phi) is 5.02. The summed E-state index contributed by atoms with van der Waals surface area (Å²) in [6.45, 7) is 11.8. The van der Waals surface area contributed by atoms with E-state index >= 15 is 0 Å². The van der Waals surface area contributed by atoms with Gasteiger partial charge >= 0.3 is 0 Å². The molecule has 0 aliphatic rings. The molecule has 66 valence electrons. The summed E-state index contributed by atoms with van der Waals surface area (Å²) in [6, 6.07) is 0. The quantitative estimate of drug-likeness (QED) is 0.446. The molecule has 0 rings (SSSR count). The Hall–Kier alpha value is -1.11. The third-order valence-corrected chi connectivity index (χ3v) is 1.62. The minimum absolute atomic E-state index is 0.993. The molecule has 0 spiro atoms. The van der Waals surface area contributed by atoms with Crippen LogP contribution in [0.4, 0.5) is 0 Å². The first-order valence-electron chi connectivity index (χ1n) is 4.11. The maximum atomic E-state index is 4.24. The Morgan fingerprint density at radius 2 is 1.83 bits per heavy atom. The number of hydrogen-bond donors (Lipinski definition) is 0. The van der Waals surface area contributed by atoms with Crippen LogP contribution >= 0.6 is 0 Å². The molecule has 1 heteroatoms. The van der Waals surface area contributed by atoms with Crippen molar-refractivity contribution < 1.29 is 0 Å². The lowest BCUT2D eigenvalue weighted by Crippen LogP contribution is -1.83. The van der Waals surface area contributed by atoms with E-state index in [9.17, 15) is 0 Å². The van der Waals surface area contributed by atoms with E-state index in [-0.39, 0.29) is 0 Å². The summed E-state index contributed by atoms with van der Waals surface area (Å²) in [4.78, 5) is 4.24. The van der Waals surface area contributed by atoms with E-state index in [1.165, 1.54) is 0 Å². The summed E-state index contributed by atoms with van der Waals surface area (Å²) in [5, 5.41) is 0. The van der Waals surface area contributed by atoms with Gasteiger partial charge in [0.05, 0.1) is 5.70 Å². The normalized spacial score (nSPS) is 14.0. The van der Waals surface area contributed by atoms with Crippen LogP contribution in [0.1, 0.15) is 27.7 Å². The molecule has 0 saturated carbocycles. The molecule has 0 radical (unpaired) electrons. The monoisotopic (exact) mass is 163 g/mol. The number of nitrogens with zero attached hydrogens (tertiary/aromatic N) is 1. The van der Waals surface area contributed by atoms with Gasteiger partial charge in [-0.3, -0.25) is 4.99 Å². The van der Waals surface area contributed by atoms with Crippen molar-refractivity contribution in [3.63, 3.8) is 0 Å². The first kappa shape index (κ1) is 10.9. The van der Waals surface area contributed by atoms with Crippen LogP contribution in [0.5, 0.6) is 0 Å². The topological polar surface area (TPSA) is 12.4 Å². The van der Waals surface area contributed by atoms with E-state index in [1.54, 1.807) is 6.21 Å². The molecule has 0 aromatic carbocycles. The van der Waals surface area contributed by atoms with Crippen molar-refractivity contribution in [2.24, 2.45) is 4.99 Å². The largest absolute Gasteiger partial charge is 0.261 e. The van der Waals surface area contributed by atoms with E-state index in [0.29, 0.717) is 0 Å². The fourth-order valence-corrected chi connectivity index (χ4v) is 0.780. The molecule has 0 aromatic heterocycles. The molecule has 0 heterocycles. The molecular formula is C11H17N. The molecule has 12 heavy (non-hydrogen) atoms. The molecule has 0 N–H and O–H groups in total. The zero-order valence-corrected chi connectivity index (χ0v) is 8.39. The maximum Gasteiger partial charge on any atom is 0.0653 e. The number of rotatable bonds is 3. The van der Waals surface area contributed by atoms with Crippen molar-refractivity contribution in [2.75, 3.05) is 0 Å². The standard InChI is InChI=1S/C11H17N/c1-6-8-11(12-7-2)10(5)9(3)4/h6-8H,3H2,1-2,4-5H3/b8-6-,11-10-,12-7?. The van der Waals surface area contributed by atoms with Gasteiger partial charge in [-0.1, -0.05) is 18.2 Å². The minimum atomic E-state index is 0.993. The molecule has 0 aliphatic carbocycles. The third kappa shape index (κ3) is 3.33. The number of aliphatic imine (C=N–C) groups is 1. The Balaban J connectivity index is 4.92. The summed E-state index contributed by atoms with van der Waals surface area (Å²) in [5.74, 6) is 0. The second-order valence-corrected chi connectivity index (χ2v) is 2.68. The Morgan fingerprint density at radius 3 is 2.17 bits per heavy atom. The van der Waals surface area contributed by atoms with Gasteiger partial charge in [-0.15, -0.1) is 0 Å². The summed E-state index contributed by atoms with van der Waals surface area (Å²) in [5.41, 5.74) is 3.20. The van der Waals surface area contributed by atoms with Gasteiger partial charge in [0.1, 0.15) is 0 Å². The summed E-state index contributed by atoms with van der Waals surface area (Å²) in [6.07, 6.45) is 5.76. The van der Waals surface area contributed by atoms with Crippen LogP contribution in [0.25, 0.3) is 0 Å². The zero-order valence-electron chi connectivity index (χ0n) is 8.39. The molecule has 0 aromatic rings. The molecule has 0 bridgehead atoms. The fourth-order valence-electron chi connectivity index (χ4n) is 0.780. The molecule has 0 unspecified atom stereocenters. The average Bonchev–Trinajstić information content (AvgIpc) is 2.03. The highest BCUT2D eigenvalue weighted by Gasteiger charge is 1.95. The van der Waals surface area contributed by atoms with Gasteiger partial charge in [-0.05, 0) is 39.3 Å².